The molecule has 0 saturated heterocycles. The number of carboxylic acid groups (broad SMARTS) is 4. The van der Waals surface area contributed by atoms with Crippen molar-refractivity contribution in [1.29, 1.82) is 0 Å². The zero-order chi connectivity index (χ0) is 25.7. The van der Waals surface area contributed by atoms with Gasteiger partial charge in [-0.1, -0.05) is 0 Å². The van der Waals surface area contributed by atoms with Crippen LogP contribution in [-0.4, -0.2) is 63.9 Å². The van der Waals surface area contributed by atoms with E-state index in [2.05, 4.69) is 15.0 Å². The number of aromatic amines is 1. The Labute approximate surface area is 220 Å². The number of nitrogens with zero attached hydrogens (tertiary/aromatic N) is 3. The van der Waals surface area contributed by atoms with Crippen LogP contribution in [0.1, 0.15) is 53.8 Å². The predicted molar refractivity (Wildman–Crippen MR) is 127 cm³/mol. The molecule has 0 aromatic carbocycles. The van der Waals surface area contributed by atoms with E-state index in [0.29, 0.717) is 27.0 Å². The molecular formula is C24H14N4O8Pt. The first kappa shape index (κ1) is 25.3. The molecule has 5 rings (SSSR count). The minimum absolute atomic E-state index is 0. The summed E-state index contributed by atoms with van der Waals surface area (Å²) < 4.78 is 0.328. The number of hydrogen-bond donors (Lipinski definition) is 5. The molecule has 0 unspecified atom stereocenters. The molecule has 2 aliphatic heterocycles. The number of aromatic nitrogens is 4. The summed E-state index contributed by atoms with van der Waals surface area (Å²) in [6, 6.07) is 7.92. The Balaban J connectivity index is 0.00000320. The normalized spacial score (nSPS) is 11.7. The number of aromatic carboxylic acids is 3. The number of H-pyrrole nitrogens is 1. The molecular weight excluding hydrogens is 667 g/mol. The summed E-state index contributed by atoms with van der Waals surface area (Å²) in [5.74, 6) is -5.28. The molecule has 5 heterocycles. The van der Waals surface area contributed by atoms with Crippen molar-refractivity contribution in [2.75, 3.05) is 0 Å². The average Bonchev–Trinajstić information content (AvgIpc) is 3.56. The Morgan fingerprint density at radius 1 is 0.676 bits per heavy atom. The van der Waals surface area contributed by atoms with Crippen LogP contribution in [0.5, 0.6) is 0 Å². The van der Waals surface area contributed by atoms with E-state index in [1.807, 2.05) is 0 Å². The number of carboxylic acids is 3. The van der Waals surface area contributed by atoms with Crippen molar-refractivity contribution in [1.82, 2.24) is 19.5 Å². The van der Waals surface area contributed by atoms with Gasteiger partial charge < -0.3 is 25.4 Å². The number of fused-ring (bicyclic) bond motifs is 8. The number of rotatable bonds is 3. The first-order valence-corrected chi connectivity index (χ1v) is 10.2. The molecule has 0 aliphatic carbocycles. The van der Waals surface area contributed by atoms with Crippen molar-refractivity contribution in [3.63, 3.8) is 0 Å². The van der Waals surface area contributed by atoms with E-state index in [4.69, 9.17) is 0 Å². The van der Waals surface area contributed by atoms with Crippen LogP contribution in [0.15, 0.2) is 30.3 Å². The Hall–Kier alpha value is -4.83. The zero-order valence-electron chi connectivity index (χ0n) is 18.3. The predicted octanol–water partition coefficient (Wildman–Crippen LogP) is 3.75. The van der Waals surface area contributed by atoms with Crippen molar-refractivity contribution in [3.8, 4) is 0 Å². The van der Waals surface area contributed by atoms with Gasteiger partial charge in [0.25, 0.3) is 0 Å². The molecule has 3 aromatic rings. The number of hydrogen-bond acceptors (Lipinski definition) is 6. The van der Waals surface area contributed by atoms with Crippen molar-refractivity contribution >= 4 is 70.4 Å². The summed E-state index contributed by atoms with van der Waals surface area (Å²) in [7, 11) is 0. The number of nitrogens with one attached hydrogen (secondary N) is 1. The maximum atomic E-state index is 12.4. The summed E-state index contributed by atoms with van der Waals surface area (Å²) >= 11 is 0. The molecule has 5 N–H and O–H groups in total. The van der Waals surface area contributed by atoms with E-state index in [9.17, 15) is 39.6 Å². The molecule has 0 atom stereocenters. The number of carbonyl (C=O) groups is 4. The van der Waals surface area contributed by atoms with Crippen LogP contribution in [0.4, 0.5) is 4.79 Å². The van der Waals surface area contributed by atoms with Gasteiger partial charge in [0, 0.05) is 32.1 Å². The third-order valence-corrected chi connectivity index (χ3v) is 5.50. The Bertz CT molecular complexity index is 1760. The minimum atomic E-state index is -1.82. The fourth-order valence-electron chi connectivity index (χ4n) is 4.13. The smallest absolute Gasteiger partial charge is 0.416 e. The van der Waals surface area contributed by atoms with Crippen LogP contribution in [-0.2, 0) is 21.1 Å². The van der Waals surface area contributed by atoms with Gasteiger partial charge in [0.05, 0.1) is 33.8 Å². The third kappa shape index (κ3) is 4.34. The van der Waals surface area contributed by atoms with E-state index in [0.717, 1.165) is 6.07 Å². The average molecular weight is 681 g/mol. The first-order chi connectivity index (χ1) is 17.1. The summed E-state index contributed by atoms with van der Waals surface area (Å²) in [4.78, 5) is 60.8. The molecule has 12 nitrogen and oxygen atoms in total. The second-order valence-electron chi connectivity index (χ2n) is 7.74. The van der Waals surface area contributed by atoms with Crippen LogP contribution < -0.4 is 0 Å². The van der Waals surface area contributed by atoms with E-state index in [1.54, 1.807) is 30.3 Å². The van der Waals surface area contributed by atoms with Crippen LogP contribution in [0.25, 0.3) is 46.4 Å². The van der Waals surface area contributed by atoms with Gasteiger partial charge in [-0.05, 0) is 54.6 Å². The van der Waals surface area contributed by atoms with Gasteiger partial charge in [0.1, 0.15) is 16.7 Å². The minimum Gasteiger partial charge on any atom is -0.478 e. The standard InChI is InChI=1S/C24H14N4O8.Pt/c29-21(30)17-15-6-5-13(27-15)8-12-2-1-10(25-12)7-11-3-4-14(26-11)9-16-18(22(31)32)19(23(33)34)20(17)28(16)24(35)36;/h1-9,25H,(H,29,30)(H,31,32)(H,33,34)(H,35,36);. The van der Waals surface area contributed by atoms with Crippen LogP contribution in [0.3, 0.4) is 0 Å². The van der Waals surface area contributed by atoms with Gasteiger partial charge in [-0.15, -0.1) is 0 Å². The molecule has 188 valence electrons. The zero-order valence-corrected chi connectivity index (χ0v) is 20.5. The Kier molecular flexibility index (Phi) is 6.36. The second-order valence-corrected chi connectivity index (χ2v) is 7.74. The second kappa shape index (κ2) is 9.32. The maximum absolute atomic E-state index is 12.4. The molecule has 37 heavy (non-hydrogen) atoms. The van der Waals surface area contributed by atoms with Gasteiger partial charge in [-0.3, -0.25) is 0 Å². The van der Waals surface area contributed by atoms with Gasteiger partial charge >= 0.3 is 24.0 Å². The SMILES string of the molecule is O=C(O)c1c(C(=O)O)c2c(C(=O)O)c3nc(cc4ccc(cc5nc(cc1n2C(=O)O)C=C5)[nH]4)C=C3.[Pt]. The van der Waals surface area contributed by atoms with Crippen molar-refractivity contribution < 1.29 is 60.7 Å². The molecule has 0 spiro atoms. The van der Waals surface area contributed by atoms with Crippen molar-refractivity contribution in [2.24, 2.45) is 0 Å². The fourth-order valence-corrected chi connectivity index (χ4v) is 4.13. The molecule has 13 heteroatoms. The van der Waals surface area contributed by atoms with Gasteiger partial charge in [-0.2, -0.15) is 0 Å². The monoisotopic (exact) mass is 681 g/mol. The van der Waals surface area contributed by atoms with Gasteiger partial charge in [0.2, 0.25) is 0 Å². The van der Waals surface area contributed by atoms with Crippen molar-refractivity contribution in [3.05, 3.63) is 69.8 Å². The molecule has 2 aliphatic rings. The molecule has 0 fully saturated rings. The Morgan fingerprint density at radius 2 is 1.19 bits per heavy atom. The van der Waals surface area contributed by atoms with Gasteiger partial charge in [-0.25, -0.2) is 33.7 Å². The van der Waals surface area contributed by atoms with Crippen LogP contribution >= 0.6 is 0 Å². The molecule has 3 aromatic heterocycles. The Morgan fingerprint density at radius 3 is 1.73 bits per heavy atom. The molecule has 0 amide bonds. The van der Waals surface area contributed by atoms with Crippen LogP contribution in [0.2, 0.25) is 0 Å². The molecule has 8 bridgehead atoms. The first-order valence-electron chi connectivity index (χ1n) is 10.2. The van der Waals surface area contributed by atoms with E-state index in [1.165, 1.54) is 18.2 Å². The van der Waals surface area contributed by atoms with E-state index in [-0.39, 0.29) is 32.5 Å². The topological polar surface area (TPSA) is 196 Å². The van der Waals surface area contributed by atoms with Crippen LogP contribution in [0, 0.1) is 0 Å². The summed E-state index contributed by atoms with van der Waals surface area (Å²) in [5.41, 5.74) is -2.17. The van der Waals surface area contributed by atoms with Gasteiger partial charge in [0.15, 0.2) is 0 Å². The largest absolute Gasteiger partial charge is 0.478 e. The third-order valence-electron chi connectivity index (χ3n) is 5.50. The fraction of sp³-hybridized carbons (Fsp3) is 0. The quantitative estimate of drug-likeness (QED) is 0.187. The van der Waals surface area contributed by atoms with Crippen molar-refractivity contribution in [2.45, 2.75) is 0 Å². The summed E-state index contributed by atoms with van der Waals surface area (Å²) in [6.45, 7) is 0. The summed E-state index contributed by atoms with van der Waals surface area (Å²) in [6.07, 6.45) is 4.03. The molecule has 0 saturated carbocycles. The maximum Gasteiger partial charge on any atom is 0.416 e. The van der Waals surface area contributed by atoms with E-state index >= 15 is 0 Å². The molecule has 0 radical (unpaired) electrons. The van der Waals surface area contributed by atoms with E-state index < -0.39 is 51.7 Å². The summed E-state index contributed by atoms with van der Waals surface area (Å²) in [5, 5.41) is 39.8.